The smallest absolute Gasteiger partial charge is 0.385 e. The first-order valence-corrected chi connectivity index (χ1v) is 13.1. The van der Waals surface area contributed by atoms with Crippen LogP contribution in [0.1, 0.15) is 30.9 Å². The quantitative estimate of drug-likeness (QED) is 0.283. The predicted octanol–water partition coefficient (Wildman–Crippen LogP) is 5.65. The molecule has 9 heteroatoms. The first kappa shape index (κ1) is 23.4. The molecule has 1 aliphatic rings. The second kappa shape index (κ2) is 10.1. The van der Waals surface area contributed by atoms with E-state index in [-0.39, 0.29) is 31.3 Å². The van der Waals surface area contributed by atoms with Crippen molar-refractivity contribution in [3.63, 3.8) is 0 Å². The summed E-state index contributed by atoms with van der Waals surface area (Å²) in [5.74, 6) is 2.09. The summed E-state index contributed by atoms with van der Waals surface area (Å²) in [5.41, 5.74) is 2.15. The van der Waals surface area contributed by atoms with E-state index in [2.05, 4.69) is 28.5 Å². The molecule has 0 bridgehead atoms. The summed E-state index contributed by atoms with van der Waals surface area (Å²) in [5, 5.41) is 5.47. The molecule has 0 spiro atoms. The van der Waals surface area contributed by atoms with E-state index in [0.717, 1.165) is 21.9 Å². The maximum absolute atomic E-state index is 13.6. The Hall–Kier alpha value is -3.32. The van der Waals surface area contributed by atoms with Gasteiger partial charge in [0.2, 0.25) is 24.0 Å². The van der Waals surface area contributed by atoms with Crippen molar-refractivity contribution < 1.29 is 27.5 Å². The lowest BCUT2D eigenvalue weighted by atomic mass is 10.0. The van der Waals surface area contributed by atoms with Crippen molar-refractivity contribution in [1.29, 1.82) is 0 Å². The molecule has 35 heavy (non-hydrogen) atoms. The molecule has 3 aromatic carbocycles. The van der Waals surface area contributed by atoms with Crippen molar-refractivity contribution in [3.8, 4) is 11.5 Å². The van der Waals surface area contributed by atoms with Crippen molar-refractivity contribution in [2.24, 2.45) is 0 Å². The first-order chi connectivity index (χ1) is 17.1. The van der Waals surface area contributed by atoms with Crippen molar-refractivity contribution in [2.75, 3.05) is 25.3 Å². The minimum absolute atomic E-state index is 0.150. The Morgan fingerprint density at radius 3 is 2.57 bits per heavy atom. The summed E-state index contributed by atoms with van der Waals surface area (Å²) < 4.78 is 41.8. The third-order valence-electron chi connectivity index (χ3n) is 5.62. The maximum atomic E-state index is 13.6. The Bertz CT molecular complexity index is 1370. The molecule has 2 heterocycles. The van der Waals surface area contributed by atoms with E-state index in [0.29, 0.717) is 30.4 Å². The van der Waals surface area contributed by atoms with Gasteiger partial charge in [0.05, 0.1) is 19.6 Å². The minimum Gasteiger partial charge on any atom is -0.454 e. The van der Waals surface area contributed by atoms with Gasteiger partial charge in [0.1, 0.15) is 0 Å². The number of aromatic nitrogens is 1. The molecular formula is C26H27N2O6P. The van der Waals surface area contributed by atoms with Crippen LogP contribution in [0.15, 0.2) is 65.1 Å². The van der Waals surface area contributed by atoms with E-state index in [1.165, 1.54) is 0 Å². The Balaban J connectivity index is 1.47. The van der Waals surface area contributed by atoms with E-state index in [9.17, 15) is 4.57 Å². The van der Waals surface area contributed by atoms with Crippen LogP contribution in [-0.4, -0.2) is 25.0 Å². The molecule has 0 saturated heterocycles. The molecular weight excluding hydrogens is 467 g/mol. The normalized spacial score (nSPS) is 12.9. The number of hydrogen-bond donors (Lipinski definition) is 1. The van der Waals surface area contributed by atoms with E-state index in [4.69, 9.17) is 22.9 Å². The van der Waals surface area contributed by atoms with Gasteiger partial charge in [-0.3, -0.25) is 4.57 Å². The third kappa shape index (κ3) is 4.91. The Morgan fingerprint density at radius 2 is 1.74 bits per heavy atom. The fraction of sp³-hybridized carbons (Fsp3) is 0.269. The second-order valence-electron chi connectivity index (χ2n) is 7.95. The third-order valence-corrected chi connectivity index (χ3v) is 7.64. The summed E-state index contributed by atoms with van der Waals surface area (Å²) >= 11 is 0. The maximum Gasteiger partial charge on any atom is 0.385 e. The SMILES string of the molecule is CCOP(=O)(OCC)c1nc(Cc2cccc3ccccc23)oc1NCc1ccc2c(c1)OCO2. The van der Waals surface area contributed by atoms with Crippen LogP contribution in [0.2, 0.25) is 0 Å². The zero-order chi connectivity index (χ0) is 24.3. The summed E-state index contributed by atoms with van der Waals surface area (Å²) in [4.78, 5) is 4.60. The lowest BCUT2D eigenvalue weighted by Gasteiger charge is -2.15. The molecule has 1 aromatic heterocycles. The van der Waals surface area contributed by atoms with Gasteiger partial charge in [-0.15, -0.1) is 0 Å². The number of anilines is 1. The molecule has 0 fully saturated rings. The van der Waals surface area contributed by atoms with Crippen molar-refractivity contribution in [2.45, 2.75) is 26.8 Å². The topological polar surface area (TPSA) is 92.1 Å². The minimum atomic E-state index is -3.69. The monoisotopic (exact) mass is 494 g/mol. The molecule has 0 atom stereocenters. The van der Waals surface area contributed by atoms with Crippen molar-refractivity contribution in [3.05, 3.63) is 77.7 Å². The standard InChI is InChI=1S/C26H27N2O6P/c1-3-32-35(29,33-4-2)26-25(27-16-18-12-13-22-23(14-18)31-17-30-22)34-24(28-26)15-20-10-7-9-19-8-5-6-11-21(19)20/h5-14,27H,3-4,15-17H2,1-2H3. The number of nitrogens with zero attached hydrogens (tertiary/aromatic N) is 1. The first-order valence-electron chi connectivity index (χ1n) is 11.6. The Labute approximate surface area is 203 Å². The highest BCUT2D eigenvalue weighted by Gasteiger charge is 2.35. The highest BCUT2D eigenvalue weighted by molar-refractivity contribution is 7.62. The molecule has 5 rings (SSSR count). The fourth-order valence-electron chi connectivity index (χ4n) is 4.07. The zero-order valence-electron chi connectivity index (χ0n) is 19.7. The second-order valence-corrected chi connectivity index (χ2v) is 9.88. The number of oxazole rings is 1. The van der Waals surface area contributed by atoms with E-state index < -0.39 is 7.60 Å². The highest BCUT2D eigenvalue weighted by atomic mass is 31.2. The zero-order valence-corrected chi connectivity index (χ0v) is 20.5. The van der Waals surface area contributed by atoms with Crippen LogP contribution in [-0.2, 0) is 26.6 Å². The number of rotatable bonds is 10. The van der Waals surface area contributed by atoms with Crippen LogP contribution in [0.3, 0.4) is 0 Å². The molecule has 4 aromatic rings. The number of nitrogens with one attached hydrogen (secondary N) is 1. The van der Waals surface area contributed by atoms with Crippen LogP contribution < -0.4 is 20.2 Å². The number of fused-ring (bicyclic) bond motifs is 2. The van der Waals surface area contributed by atoms with Gasteiger partial charge in [0, 0.05) is 6.54 Å². The average Bonchev–Trinajstić information content (AvgIpc) is 3.50. The molecule has 0 saturated carbocycles. The van der Waals surface area contributed by atoms with Gasteiger partial charge < -0.3 is 28.3 Å². The average molecular weight is 494 g/mol. The number of benzene rings is 3. The predicted molar refractivity (Wildman–Crippen MR) is 134 cm³/mol. The van der Waals surface area contributed by atoms with E-state index in [1.54, 1.807) is 13.8 Å². The van der Waals surface area contributed by atoms with Gasteiger partial charge in [-0.05, 0) is 47.9 Å². The van der Waals surface area contributed by atoms with Gasteiger partial charge in [0.25, 0.3) is 0 Å². The van der Waals surface area contributed by atoms with Crippen LogP contribution in [0.5, 0.6) is 11.5 Å². The van der Waals surface area contributed by atoms with Gasteiger partial charge in [0.15, 0.2) is 11.5 Å². The van der Waals surface area contributed by atoms with Crippen molar-refractivity contribution in [1.82, 2.24) is 4.98 Å². The number of ether oxygens (including phenoxy) is 2. The van der Waals surface area contributed by atoms with Crippen LogP contribution in [0.25, 0.3) is 10.8 Å². The van der Waals surface area contributed by atoms with Crippen LogP contribution in [0.4, 0.5) is 5.88 Å². The van der Waals surface area contributed by atoms with Gasteiger partial charge in [-0.25, -0.2) is 4.98 Å². The van der Waals surface area contributed by atoms with E-state index >= 15 is 0 Å². The summed E-state index contributed by atoms with van der Waals surface area (Å²) in [7, 11) is -3.69. The lowest BCUT2D eigenvalue weighted by molar-refractivity contribution is 0.174. The Kier molecular flexibility index (Phi) is 6.77. The van der Waals surface area contributed by atoms with E-state index in [1.807, 2.05) is 42.5 Å². The molecule has 1 aliphatic heterocycles. The van der Waals surface area contributed by atoms with Crippen LogP contribution in [0, 0.1) is 0 Å². The molecule has 182 valence electrons. The van der Waals surface area contributed by atoms with Crippen LogP contribution >= 0.6 is 7.60 Å². The molecule has 0 amide bonds. The largest absolute Gasteiger partial charge is 0.454 e. The summed E-state index contributed by atoms with van der Waals surface area (Å²) in [6.07, 6.45) is 0.429. The molecule has 8 nitrogen and oxygen atoms in total. The summed E-state index contributed by atoms with van der Waals surface area (Å²) in [6, 6.07) is 19.9. The molecule has 1 N–H and O–H groups in total. The van der Waals surface area contributed by atoms with Gasteiger partial charge in [-0.1, -0.05) is 48.5 Å². The van der Waals surface area contributed by atoms with Crippen molar-refractivity contribution >= 4 is 29.7 Å². The van der Waals surface area contributed by atoms with Gasteiger partial charge in [-0.2, -0.15) is 0 Å². The Morgan fingerprint density at radius 1 is 0.971 bits per heavy atom. The lowest BCUT2D eigenvalue weighted by Crippen LogP contribution is -2.16. The fourth-order valence-corrected chi connectivity index (χ4v) is 5.68. The van der Waals surface area contributed by atoms with Gasteiger partial charge >= 0.3 is 7.60 Å². The summed E-state index contributed by atoms with van der Waals surface area (Å²) in [6.45, 7) is 4.56. The molecule has 0 aliphatic carbocycles. The number of hydrogen-bond acceptors (Lipinski definition) is 8. The highest BCUT2D eigenvalue weighted by Crippen LogP contribution is 2.48. The molecule has 0 radical (unpaired) electrons. The molecule has 0 unspecified atom stereocenters.